The van der Waals surface area contributed by atoms with Gasteiger partial charge in [0.25, 0.3) is 0 Å². The molecule has 1 amide bonds. The monoisotopic (exact) mass is 412 g/mol. The van der Waals surface area contributed by atoms with Crippen LogP contribution in [0.15, 0.2) is 54.6 Å². The van der Waals surface area contributed by atoms with Crippen LogP contribution in [0.25, 0.3) is 0 Å². The van der Waals surface area contributed by atoms with Crippen molar-refractivity contribution in [1.29, 1.82) is 0 Å². The summed E-state index contributed by atoms with van der Waals surface area (Å²) >= 11 is 5.87. The van der Waals surface area contributed by atoms with E-state index in [9.17, 15) is 4.79 Å². The molecule has 8 nitrogen and oxygen atoms in total. The van der Waals surface area contributed by atoms with Crippen molar-refractivity contribution in [3.8, 4) is 17.4 Å². The third-order valence-electron chi connectivity index (χ3n) is 4.13. The Balaban J connectivity index is 1.48. The van der Waals surface area contributed by atoms with Crippen molar-refractivity contribution in [2.24, 2.45) is 0 Å². The molecule has 0 spiro atoms. The lowest BCUT2D eigenvalue weighted by molar-refractivity contribution is 0.144. The molecule has 9 heteroatoms. The van der Waals surface area contributed by atoms with Gasteiger partial charge in [0.2, 0.25) is 11.8 Å². The molecular formula is C20H17ClN4O4. The number of ether oxygens (including phenoxy) is 3. The lowest BCUT2D eigenvalue weighted by atomic mass is 10.2. The number of hydrogen-bond acceptors (Lipinski definition) is 7. The predicted molar refractivity (Wildman–Crippen MR) is 107 cm³/mol. The fourth-order valence-corrected chi connectivity index (χ4v) is 3.02. The minimum Gasteiger partial charge on any atom is -0.489 e. The van der Waals surface area contributed by atoms with Crippen LogP contribution in [0.5, 0.6) is 17.4 Å². The maximum Gasteiger partial charge on any atom is 0.414 e. The minimum atomic E-state index is -0.442. The lowest BCUT2D eigenvalue weighted by Crippen LogP contribution is -2.38. The van der Waals surface area contributed by atoms with Crippen molar-refractivity contribution in [1.82, 2.24) is 9.97 Å². The molecule has 29 heavy (non-hydrogen) atoms. The number of fused-ring (bicyclic) bond motifs is 1. The molecule has 1 aromatic heterocycles. The van der Waals surface area contributed by atoms with E-state index >= 15 is 0 Å². The Morgan fingerprint density at radius 1 is 1.17 bits per heavy atom. The zero-order valence-corrected chi connectivity index (χ0v) is 16.0. The average Bonchev–Trinajstić information content (AvgIpc) is 2.71. The molecule has 148 valence electrons. The van der Waals surface area contributed by atoms with Crippen LogP contribution in [-0.4, -0.2) is 29.2 Å². The third kappa shape index (κ3) is 4.49. The highest BCUT2D eigenvalue weighted by atomic mass is 35.5. The van der Waals surface area contributed by atoms with Crippen molar-refractivity contribution < 1.29 is 19.0 Å². The van der Waals surface area contributed by atoms with Crippen molar-refractivity contribution in [3.05, 3.63) is 65.3 Å². The second-order valence-electron chi connectivity index (χ2n) is 6.16. The molecule has 0 unspecified atom stereocenters. The van der Waals surface area contributed by atoms with Crippen molar-refractivity contribution in [2.45, 2.75) is 6.61 Å². The number of nitrogens with zero attached hydrogens (tertiary/aromatic N) is 3. The Bertz CT molecular complexity index is 1010. The van der Waals surface area contributed by atoms with Gasteiger partial charge in [-0.1, -0.05) is 41.9 Å². The average molecular weight is 413 g/mol. The predicted octanol–water partition coefficient (Wildman–Crippen LogP) is 4.04. The number of nitrogens with two attached hydrogens (primary N) is 1. The fraction of sp³-hybridized carbons (Fsp3) is 0.150. The lowest BCUT2D eigenvalue weighted by Gasteiger charge is -2.29. The number of carbonyl (C=O) groups is 1. The van der Waals surface area contributed by atoms with E-state index in [1.165, 1.54) is 11.0 Å². The first-order valence-electron chi connectivity index (χ1n) is 8.81. The number of hydrogen-bond donors (Lipinski definition) is 1. The molecule has 0 bridgehead atoms. The third-order valence-corrected chi connectivity index (χ3v) is 4.32. The maximum absolute atomic E-state index is 12.6. The Morgan fingerprint density at radius 2 is 2.00 bits per heavy atom. The number of benzene rings is 2. The number of anilines is 2. The van der Waals surface area contributed by atoms with Gasteiger partial charge in [-0.05, 0) is 17.7 Å². The van der Waals surface area contributed by atoms with Crippen molar-refractivity contribution in [2.75, 3.05) is 23.8 Å². The molecule has 0 atom stereocenters. The summed E-state index contributed by atoms with van der Waals surface area (Å²) in [6, 6.07) is 16.0. The molecule has 2 aromatic carbocycles. The summed E-state index contributed by atoms with van der Waals surface area (Å²) in [6.07, 6.45) is -0.442. The van der Waals surface area contributed by atoms with Gasteiger partial charge >= 0.3 is 6.09 Å². The van der Waals surface area contributed by atoms with E-state index in [-0.39, 0.29) is 23.6 Å². The molecule has 3 aromatic rings. The molecule has 0 radical (unpaired) electrons. The summed E-state index contributed by atoms with van der Waals surface area (Å²) in [5.41, 5.74) is 7.09. The first kappa shape index (κ1) is 18.8. The highest BCUT2D eigenvalue weighted by molar-refractivity contribution is 6.29. The SMILES string of the molecule is Nc1nc(Cl)cc(Oc2ccc3c(c2)OCCN3C(=O)OCc2ccccc2)n1. The normalized spacial score (nSPS) is 12.7. The van der Waals surface area contributed by atoms with Crippen LogP contribution in [0.2, 0.25) is 5.15 Å². The summed E-state index contributed by atoms with van der Waals surface area (Å²) < 4.78 is 16.8. The number of amides is 1. The van der Waals surface area contributed by atoms with Gasteiger partial charge in [-0.3, -0.25) is 4.90 Å². The summed E-state index contributed by atoms with van der Waals surface area (Å²) in [5, 5.41) is 0.175. The van der Waals surface area contributed by atoms with Crippen molar-refractivity contribution in [3.63, 3.8) is 0 Å². The van der Waals surface area contributed by atoms with Gasteiger partial charge in [-0.25, -0.2) is 9.78 Å². The maximum atomic E-state index is 12.6. The Hall–Kier alpha value is -3.52. The molecule has 0 fully saturated rings. The minimum absolute atomic E-state index is 0.00838. The van der Waals surface area contributed by atoms with Crippen LogP contribution in [0.3, 0.4) is 0 Å². The molecule has 1 aliphatic heterocycles. The Kier molecular flexibility index (Phi) is 5.35. The van der Waals surface area contributed by atoms with Gasteiger partial charge in [0.1, 0.15) is 29.9 Å². The molecule has 0 saturated heterocycles. The number of carbonyl (C=O) groups excluding carboxylic acids is 1. The van der Waals surface area contributed by atoms with Crippen LogP contribution in [-0.2, 0) is 11.3 Å². The Labute approximate surface area is 171 Å². The molecule has 2 heterocycles. The standard InChI is InChI=1S/C20H17ClN4O4/c21-17-11-18(24-19(22)23-17)29-14-6-7-15-16(10-14)27-9-8-25(15)20(26)28-12-13-4-2-1-3-5-13/h1-7,10-11H,8-9,12H2,(H2,22,23,24). The molecule has 0 saturated carbocycles. The van der Waals surface area contributed by atoms with Crippen LogP contribution >= 0.6 is 11.6 Å². The van der Waals surface area contributed by atoms with Gasteiger partial charge in [0, 0.05) is 12.1 Å². The quantitative estimate of drug-likeness (QED) is 0.645. The summed E-state index contributed by atoms with van der Waals surface area (Å²) in [4.78, 5) is 21.8. The second kappa shape index (κ2) is 8.24. The van der Waals surface area contributed by atoms with Crippen LogP contribution in [0.4, 0.5) is 16.4 Å². The van der Waals surface area contributed by atoms with Crippen LogP contribution < -0.4 is 20.1 Å². The number of nitrogen functional groups attached to an aromatic ring is 1. The van der Waals surface area contributed by atoms with Gasteiger partial charge in [0.15, 0.2) is 0 Å². The van der Waals surface area contributed by atoms with Gasteiger partial charge < -0.3 is 19.9 Å². The smallest absolute Gasteiger partial charge is 0.414 e. The summed E-state index contributed by atoms with van der Waals surface area (Å²) in [5.74, 6) is 1.17. The van der Waals surface area contributed by atoms with Crippen LogP contribution in [0.1, 0.15) is 5.56 Å². The molecule has 4 rings (SSSR count). The van der Waals surface area contributed by atoms with E-state index in [0.29, 0.717) is 30.3 Å². The Morgan fingerprint density at radius 3 is 2.79 bits per heavy atom. The van der Waals surface area contributed by atoms with Gasteiger partial charge in [0.05, 0.1) is 12.2 Å². The zero-order chi connectivity index (χ0) is 20.2. The van der Waals surface area contributed by atoms with E-state index in [1.54, 1.807) is 18.2 Å². The first-order chi connectivity index (χ1) is 14.1. The van der Waals surface area contributed by atoms with Gasteiger partial charge in [-0.15, -0.1) is 0 Å². The highest BCUT2D eigenvalue weighted by Crippen LogP contribution is 2.36. The summed E-state index contributed by atoms with van der Waals surface area (Å²) in [6.45, 7) is 0.922. The fourth-order valence-electron chi connectivity index (χ4n) is 2.84. The van der Waals surface area contributed by atoms with E-state index < -0.39 is 6.09 Å². The number of aromatic nitrogens is 2. The van der Waals surface area contributed by atoms with Gasteiger partial charge in [-0.2, -0.15) is 4.98 Å². The first-order valence-corrected chi connectivity index (χ1v) is 9.19. The van der Waals surface area contributed by atoms with E-state index in [2.05, 4.69) is 9.97 Å². The topological polar surface area (TPSA) is 99.8 Å². The largest absolute Gasteiger partial charge is 0.489 e. The molecule has 0 aliphatic carbocycles. The zero-order valence-electron chi connectivity index (χ0n) is 15.2. The van der Waals surface area contributed by atoms with E-state index in [4.69, 9.17) is 31.5 Å². The van der Waals surface area contributed by atoms with E-state index in [0.717, 1.165) is 5.56 Å². The number of rotatable bonds is 4. The van der Waals surface area contributed by atoms with E-state index in [1.807, 2.05) is 30.3 Å². The summed E-state index contributed by atoms with van der Waals surface area (Å²) in [7, 11) is 0. The second-order valence-corrected chi connectivity index (χ2v) is 6.55. The number of halogens is 1. The van der Waals surface area contributed by atoms with Crippen molar-refractivity contribution >= 4 is 29.3 Å². The van der Waals surface area contributed by atoms with Crippen LogP contribution in [0, 0.1) is 0 Å². The molecular weight excluding hydrogens is 396 g/mol. The molecule has 1 aliphatic rings. The molecule has 2 N–H and O–H groups in total. The highest BCUT2D eigenvalue weighted by Gasteiger charge is 2.25.